The van der Waals surface area contributed by atoms with Gasteiger partial charge in [-0.3, -0.25) is 9.59 Å². The Balaban J connectivity index is 1.53. The van der Waals surface area contributed by atoms with E-state index >= 15 is 0 Å². The monoisotopic (exact) mass is 430 g/mol. The smallest absolute Gasteiger partial charge is 0.280 e. The molecule has 0 aliphatic heterocycles. The van der Waals surface area contributed by atoms with Crippen molar-refractivity contribution in [3.05, 3.63) is 95.0 Å². The summed E-state index contributed by atoms with van der Waals surface area (Å²) in [6.07, 6.45) is 0. The average Bonchev–Trinajstić information content (AvgIpc) is 2.83. The van der Waals surface area contributed by atoms with Crippen LogP contribution in [0.25, 0.3) is 10.9 Å². The van der Waals surface area contributed by atoms with Gasteiger partial charge in [-0.2, -0.15) is 0 Å². The molecule has 0 saturated carbocycles. The van der Waals surface area contributed by atoms with Gasteiger partial charge >= 0.3 is 0 Å². The van der Waals surface area contributed by atoms with Crippen molar-refractivity contribution in [1.82, 2.24) is 9.66 Å². The van der Waals surface area contributed by atoms with Crippen molar-refractivity contribution >= 4 is 22.5 Å². The minimum absolute atomic E-state index is 0.0528. The molecule has 0 aliphatic rings. The third-order valence-electron chi connectivity index (χ3n) is 4.73. The molecule has 0 atom stereocenters. The van der Waals surface area contributed by atoms with Gasteiger partial charge in [0.25, 0.3) is 5.56 Å². The van der Waals surface area contributed by atoms with Crippen LogP contribution in [0, 0.1) is 0 Å². The summed E-state index contributed by atoms with van der Waals surface area (Å²) in [7, 11) is 1.58. The zero-order valence-corrected chi connectivity index (χ0v) is 17.4. The number of rotatable bonds is 8. The van der Waals surface area contributed by atoms with Gasteiger partial charge in [-0.1, -0.05) is 30.3 Å². The molecule has 0 fully saturated rings. The number of nitrogens with one attached hydrogen (secondary N) is 2. The summed E-state index contributed by atoms with van der Waals surface area (Å²) in [5.41, 5.74) is 3.75. The van der Waals surface area contributed by atoms with Gasteiger partial charge in [0, 0.05) is 5.69 Å². The van der Waals surface area contributed by atoms with E-state index in [0.29, 0.717) is 33.9 Å². The van der Waals surface area contributed by atoms with Crippen LogP contribution in [0.15, 0.2) is 83.7 Å². The molecule has 3 aromatic carbocycles. The summed E-state index contributed by atoms with van der Waals surface area (Å²) in [6.45, 7) is -0.0819. The van der Waals surface area contributed by atoms with Gasteiger partial charge in [0.15, 0.2) is 5.82 Å². The second-order valence-electron chi connectivity index (χ2n) is 6.90. The third kappa shape index (κ3) is 4.86. The van der Waals surface area contributed by atoms with E-state index < -0.39 is 0 Å². The Morgan fingerprint density at radius 3 is 2.41 bits per heavy atom. The first-order valence-corrected chi connectivity index (χ1v) is 10.0. The Labute approximate surface area is 184 Å². The Bertz CT molecular complexity index is 1270. The molecule has 0 saturated heterocycles. The molecule has 2 N–H and O–H groups in total. The number of nitrogens with zero attached hydrogens (tertiary/aromatic N) is 2. The zero-order chi connectivity index (χ0) is 22.3. The first-order valence-electron chi connectivity index (χ1n) is 10.0. The molecule has 1 amide bonds. The lowest BCUT2D eigenvalue weighted by molar-refractivity contribution is -0.114. The van der Waals surface area contributed by atoms with Crippen LogP contribution in [0.1, 0.15) is 5.82 Å². The van der Waals surface area contributed by atoms with E-state index in [9.17, 15) is 9.59 Å². The minimum atomic E-state index is -0.315. The Morgan fingerprint density at radius 2 is 1.66 bits per heavy atom. The summed E-state index contributed by atoms with van der Waals surface area (Å²) in [4.78, 5) is 30.1. The van der Waals surface area contributed by atoms with E-state index in [1.165, 1.54) is 4.68 Å². The molecule has 0 radical (unpaired) electrons. The Hall–Kier alpha value is -4.33. The van der Waals surface area contributed by atoms with Gasteiger partial charge in [0.1, 0.15) is 24.7 Å². The number of anilines is 1. The second kappa shape index (κ2) is 9.65. The van der Waals surface area contributed by atoms with Gasteiger partial charge in [0.2, 0.25) is 5.91 Å². The fourth-order valence-corrected chi connectivity index (χ4v) is 3.13. The fourth-order valence-electron chi connectivity index (χ4n) is 3.13. The summed E-state index contributed by atoms with van der Waals surface area (Å²) in [5, 5.41) is 3.22. The Morgan fingerprint density at radius 1 is 0.938 bits per heavy atom. The molecule has 8 nitrogen and oxygen atoms in total. The first kappa shape index (κ1) is 20.9. The Kier molecular flexibility index (Phi) is 6.31. The predicted molar refractivity (Wildman–Crippen MR) is 123 cm³/mol. The van der Waals surface area contributed by atoms with Crippen LogP contribution in [0.3, 0.4) is 0 Å². The maximum absolute atomic E-state index is 13.1. The van der Waals surface area contributed by atoms with Crippen LogP contribution >= 0.6 is 0 Å². The van der Waals surface area contributed by atoms with E-state index in [0.717, 1.165) is 0 Å². The molecule has 8 heteroatoms. The molecule has 32 heavy (non-hydrogen) atoms. The lowest BCUT2D eigenvalue weighted by Gasteiger charge is -2.16. The van der Waals surface area contributed by atoms with Crippen molar-refractivity contribution < 1.29 is 14.3 Å². The molecular weight excluding hydrogens is 408 g/mol. The van der Waals surface area contributed by atoms with Crippen molar-refractivity contribution in [1.29, 1.82) is 0 Å². The molecule has 4 rings (SSSR count). The van der Waals surface area contributed by atoms with Crippen molar-refractivity contribution in [2.24, 2.45) is 0 Å². The van der Waals surface area contributed by atoms with Crippen molar-refractivity contribution in [3.63, 3.8) is 0 Å². The number of amides is 1. The van der Waals surface area contributed by atoms with Crippen LogP contribution in [0.5, 0.6) is 11.5 Å². The average molecular weight is 430 g/mol. The fraction of sp³-hybridized carbons (Fsp3) is 0.125. The van der Waals surface area contributed by atoms with Crippen LogP contribution < -0.4 is 25.8 Å². The van der Waals surface area contributed by atoms with E-state index in [4.69, 9.17) is 9.47 Å². The molecule has 1 heterocycles. The van der Waals surface area contributed by atoms with Gasteiger partial charge in [-0.15, -0.1) is 0 Å². The highest BCUT2D eigenvalue weighted by molar-refractivity contribution is 5.93. The molecule has 0 spiro atoms. The van der Waals surface area contributed by atoms with E-state index in [-0.39, 0.29) is 24.6 Å². The van der Waals surface area contributed by atoms with Gasteiger partial charge < -0.3 is 20.2 Å². The van der Waals surface area contributed by atoms with Crippen LogP contribution in [0.2, 0.25) is 0 Å². The first-order chi connectivity index (χ1) is 15.6. The number of carbonyl (C=O) groups is 1. The van der Waals surface area contributed by atoms with Crippen molar-refractivity contribution in [2.75, 3.05) is 24.4 Å². The van der Waals surface area contributed by atoms with Crippen LogP contribution in [0.4, 0.5) is 5.69 Å². The van der Waals surface area contributed by atoms with Gasteiger partial charge in [-0.05, 0) is 48.5 Å². The molecule has 162 valence electrons. The van der Waals surface area contributed by atoms with E-state index in [1.54, 1.807) is 49.6 Å². The summed E-state index contributed by atoms with van der Waals surface area (Å²) < 4.78 is 12.2. The quantitative estimate of drug-likeness (QED) is 0.446. The van der Waals surface area contributed by atoms with Crippen LogP contribution in [-0.4, -0.2) is 29.2 Å². The third-order valence-corrected chi connectivity index (χ3v) is 4.73. The second-order valence-corrected chi connectivity index (χ2v) is 6.90. The van der Waals surface area contributed by atoms with Gasteiger partial charge in [-0.25, -0.2) is 9.66 Å². The highest BCUT2D eigenvalue weighted by atomic mass is 16.5. The summed E-state index contributed by atoms with van der Waals surface area (Å²) >= 11 is 0. The largest absolute Gasteiger partial charge is 0.497 e. The van der Waals surface area contributed by atoms with E-state index in [2.05, 4.69) is 15.7 Å². The number of benzene rings is 3. The number of para-hydroxylation sites is 2. The molecule has 0 unspecified atom stereocenters. The number of hydrogen-bond acceptors (Lipinski definition) is 6. The zero-order valence-electron chi connectivity index (χ0n) is 17.4. The number of carbonyl (C=O) groups excluding carboxylic acids is 1. The van der Waals surface area contributed by atoms with Crippen molar-refractivity contribution in [3.8, 4) is 11.5 Å². The normalized spacial score (nSPS) is 10.5. The number of hydrogen-bond donors (Lipinski definition) is 2. The number of fused-ring (bicyclic) bond motifs is 1. The summed E-state index contributed by atoms with van der Waals surface area (Å²) in [6, 6.07) is 23.3. The number of ether oxygens (including phenoxy) is 2. The van der Waals surface area contributed by atoms with E-state index in [1.807, 2.05) is 36.4 Å². The SMILES string of the molecule is COc1ccc(NC(=O)CNn2c(COc3ccccc3)nc3ccccc3c2=O)cc1. The molecular formula is C24H22N4O4. The predicted octanol–water partition coefficient (Wildman–Crippen LogP) is 3.17. The lowest BCUT2D eigenvalue weighted by Crippen LogP contribution is -2.37. The highest BCUT2D eigenvalue weighted by Gasteiger charge is 2.13. The van der Waals surface area contributed by atoms with Crippen molar-refractivity contribution in [2.45, 2.75) is 6.61 Å². The topological polar surface area (TPSA) is 94.5 Å². The molecule has 0 bridgehead atoms. The minimum Gasteiger partial charge on any atom is -0.497 e. The number of aromatic nitrogens is 2. The molecule has 1 aromatic heterocycles. The van der Waals surface area contributed by atoms with Gasteiger partial charge in [0.05, 0.1) is 18.0 Å². The standard InChI is InChI=1S/C24H22N4O4/c1-31-18-13-11-17(12-14-18)26-23(29)15-25-28-22(16-32-19-7-3-2-4-8-19)27-21-10-6-5-9-20(21)24(28)30/h2-14,25H,15-16H2,1H3,(H,26,29). The maximum atomic E-state index is 13.1. The highest BCUT2D eigenvalue weighted by Crippen LogP contribution is 2.15. The molecule has 4 aromatic rings. The lowest BCUT2D eigenvalue weighted by atomic mass is 10.2. The van der Waals surface area contributed by atoms with Crippen LogP contribution in [-0.2, 0) is 11.4 Å². The number of methoxy groups -OCH3 is 1. The maximum Gasteiger partial charge on any atom is 0.280 e. The summed E-state index contributed by atoms with van der Waals surface area (Å²) in [5.74, 6) is 1.39. The molecule has 0 aliphatic carbocycles.